The quantitative estimate of drug-likeness (QED) is 0.360. The highest BCUT2D eigenvalue weighted by Crippen LogP contribution is 3.00. The van der Waals surface area contributed by atoms with Crippen LogP contribution in [0, 0.1) is 0 Å². The molecular weight excluding hydrogens is 80.0 g/mol. The van der Waals surface area contributed by atoms with Crippen molar-refractivity contribution < 1.29 is 9.47 Å². The first-order chi connectivity index (χ1) is 2.93. The van der Waals surface area contributed by atoms with Gasteiger partial charge in [0.1, 0.15) is 12.2 Å². The van der Waals surface area contributed by atoms with Crippen molar-refractivity contribution in [2.24, 2.45) is 0 Å². The third-order valence-electron chi connectivity index (χ3n) is 2.51. The fraction of sp³-hybridized carbons (Fsp3) is 1.00. The van der Waals surface area contributed by atoms with Gasteiger partial charge in [0.15, 0.2) is 11.2 Å². The van der Waals surface area contributed by atoms with Crippen LogP contribution in [0.5, 0.6) is 0 Å². The predicted molar refractivity (Wildman–Crippen MR) is 15.2 cm³/mol. The van der Waals surface area contributed by atoms with E-state index in [0.29, 0.717) is 23.4 Å². The molecule has 0 radical (unpaired) electrons. The van der Waals surface area contributed by atoms with Gasteiger partial charge in [0.05, 0.1) is 0 Å². The molecule has 6 heavy (non-hydrogen) atoms. The Kier molecular flexibility index (Phi) is 0.0572. The summed E-state index contributed by atoms with van der Waals surface area (Å²) in [6.07, 6.45) is 1.19. The Morgan fingerprint density at radius 2 is 1.50 bits per heavy atom. The smallest absolute Gasteiger partial charge is 0.161 e. The van der Waals surface area contributed by atoms with Crippen molar-refractivity contribution in [3.8, 4) is 0 Å². The molecule has 0 bridgehead atoms. The molecule has 0 amide bonds. The van der Waals surface area contributed by atoms with Gasteiger partial charge in [-0.1, -0.05) is 0 Å². The Morgan fingerprint density at radius 3 is 1.50 bits per heavy atom. The van der Waals surface area contributed by atoms with E-state index in [9.17, 15) is 0 Å². The lowest BCUT2D eigenvalue weighted by Gasteiger charge is -1.85. The Balaban J connectivity index is 2.35. The summed E-state index contributed by atoms with van der Waals surface area (Å²) in [6.45, 7) is 0. The van der Waals surface area contributed by atoms with Gasteiger partial charge in [-0.2, -0.15) is 0 Å². The van der Waals surface area contributed by atoms with Gasteiger partial charge in [-0.25, -0.2) is 0 Å². The van der Waals surface area contributed by atoms with Gasteiger partial charge in [0.25, 0.3) is 0 Å². The minimum absolute atomic E-state index is 0.396. The highest BCUT2D eigenvalue weighted by molar-refractivity contribution is 5.72. The topological polar surface area (TPSA) is 25.1 Å². The van der Waals surface area contributed by atoms with E-state index in [0.717, 1.165) is 0 Å². The molecule has 0 aromatic heterocycles. The van der Waals surface area contributed by atoms with E-state index in [1.807, 2.05) is 0 Å². The minimum atomic E-state index is 0.396. The molecule has 30 valence electrons. The average molecular weight is 82.1 g/mol. The summed E-state index contributed by atoms with van der Waals surface area (Å²) in [7, 11) is 0. The summed E-state index contributed by atoms with van der Waals surface area (Å²) in [6, 6.07) is 0. The van der Waals surface area contributed by atoms with Gasteiger partial charge in [-0.05, 0) is 0 Å². The Hall–Kier alpha value is -0.0800. The minimum Gasteiger partial charge on any atom is -0.356 e. The lowest BCUT2D eigenvalue weighted by atomic mass is 10.4. The lowest BCUT2D eigenvalue weighted by Crippen LogP contribution is -1.96. The fourth-order valence-corrected chi connectivity index (χ4v) is 1.73. The van der Waals surface area contributed by atoms with Gasteiger partial charge in [0.2, 0.25) is 0 Å². The number of rotatable bonds is 0. The zero-order valence-corrected chi connectivity index (χ0v) is 2.97. The maximum Gasteiger partial charge on any atom is 0.161 e. The number of epoxide rings is 2. The zero-order chi connectivity index (χ0) is 3.57. The van der Waals surface area contributed by atoms with Crippen molar-refractivity contribution in [1.29, 1.82) is 0 Å². The Morgan fingerprint density at radius 1 is 1.00 bits per heavy atom. The molecule has 2 nitrogen and oxygen atoms in total. The van der Waals surface area contributed by atoms with E-state index in [4.69, 9.17) is 9.47 Å². The van der Waals surface area contributed by atoms with E-state index >= 15 is 0 Å². The molecule has 2 aliphatic carbocycles. The first-order valence-corrected chi connectivity index (χ1v) is 2.28. The van der Waals surface area contributed by atoms with Gasteiger partial charge < -0.3 is 9.47 Å². The Labute approximate surface area is 34.0 Å². The van der Waals surface area contributed by atoms with Crippen LogP contribution in [0.4, 0.5) is 0 Å². The van der Waals surface area contributed by atoms with Crippen LogP contribution in [0.25, 0.3) is 0 Å². The molecule has 2 heterocycles. The maximum absolute atomic E-state index is 5.09. The molecule has 0 unspecified atom stereocenters. The van der Waals surface area contributed by atoms with E-state index in [1.54, 1.807) is 0 Å². The highest BCUT2D eigenvalue weighted by Gasteiger charge is 3.26. The molecule has 0 aromatic carbocycles. The van der Waals surface area contributed by atoms with E-state index in [-0.39, 0.29) is 0 Å². The van der Waals surface area contributed by atoms with Gasteiger partial charge in [0, 0.05) is 0 Å². The molecule has 0 atom stereocenters. The predicted octanol–water partition coefficient (Wildman–Crippen LogP) is -0.711. The van der Waals surface area contributed by atoms with Crippen molar-refractivity contribution in [3.63, 3.8) is 0 Å². The van der Waals surface area contributed by atoms with Crippen LogP contribution in [0.15, 0.2) is 0 Å². The SMILES string of the molecule is O1C2C13C1OC213. The third-order valence-corrected chi connectivity index (χ3v) is 2.51. The van der Waals surface area contributed by atoms with Crippen LogP contribution in [0.3, 0.4) is 0 Å². The van der Waals surface area contributed by atoms with E-state index in [1.165, 1.54) is 0 Å². The van der Waals surface area contributed by atoms with Crippen molar-refractivity contribution >= 4 is 0 Å². The first-order valence-electron chi connectivity index (χ1n) is 2.28. The largest absolute Gasteiger partial charge is 0.356 e. The van der Waals surface area contributed by atoms with Crippen LogP contribution in [-0.4, -0.2) is 23.4 Å². The van der Waals surface area contributed by atoms with Crippen molar-refractivity contribution in [1.82, 2.24) is 0 Å². The van der Waals surface area contributed by atoms with E-state index in [2.05, 4.69) is 0 Å². The second-order valence-corrected chi connectivity index (χ2v) is 2.58. The van der Waals surface area contributed by atoms with Crippen LogP contribution >= 0.6 is 0 Å². The summed E-state index contributed by atoms with van der Waals surface area (Å²) in [5, 5.41) is 0. The van der Waals surface area contributed by atoms with Crippen molar-refractivity contribution in [2.75, 3.05) is 0 Å². The molecule has 2 heteroatoms. The summed E-state index contributed by atoms with van der Waals surface area (Å²) in [5.74, 6) is 0. The molecular formula is C4H2O2. The normalized spacial score (nSPS) is 108. The van der Waals surface area contributed by atoms with Crippen LogP contribution in [0.2, 0.25) is 0 Å². The summed E-state index contributed by atoms with van der Waals surface area (Å²) in [4.78, 5) is 0. The number of ether oxygens (including phenoxy) is 2. The number of hydrogen-bond acceptors (Lipinski definition) is 2. The summed E-state index contributed by atoms with van der Waals surface area (Å²) in [5.41, 5.74) is 0.792. The fourth-order valence-electron chi connectivity index (χ4n) is 1.73. The maximum atomic E-state index is 5.09. The molecule has 0 aromatic rings. The molecule has 2 spiro atoms. The van der Waals surface area contributed by atoms with Gasteiger partial charge >= 0.3 is 0 Å². The monoisotopic (exact) mass is 82.0 g/mol. The van der Waals surface area contributed by atoms with Crippen LogP contribution < -0.4 is 0 Å². The Bertz CT molecular complexity index is 146. The summed E-state index contributed by atoms with van der Waals surface area (Å²) < 4.78 is 10.2. The highest BCUT2D eigenvalue weighted by atomic mass is 16.9. The van der Waals surface area contributed by atoms with E-state index < -0.39 is 0 Å². The standard InChI is InChI=1S/C4H2O2/c5-1-3(5)2-4(1,3)6-2/h1-2H. The second-order valence-electron chi connectivity index (χ2n) is 2.58. The van der Waals surface area contributed by atoms with Crippen LogP contribution in [-0.2, 0) is 9.47 Å². The molecule has 2 saturated carbocycles. The average Bonchev–Trinajstić information content (AvgIpc) is 2.32. The number of hydrogen-bond donors (Lipinski definition) is 0. The molecule has 0 N–H and O–H groups in total. The zero-order valence-electron chi connectivity index (χ0n) is 2.97. The molecule has 2 aliphatic heterocycles. The van der Waals surface area contributed by atoms with Crippen molar-refractivity contribution in [2.45, 2.75) is 23.4 Å². The van der Waals surface area contributed by atoms with Crippen LogP contribution in [0.1, 0.15) is 0 Å². The lowest BCUT2D eigenvalue weighted by molar-refractivity contribution is 0.0951. The first kappa shape index (κ1) is 1.80. The van der Waals surface area contributed by atoms with Gasteiger partial charge in [-0.3, -0.25) is 0 Å². The molecule has 2 saturated heterocycles. The summed E-state index contributed by atoms with van der Waals surface area (Å²) >= 11 is 0. The van der Waals surface area contributed by atoms with Crippen molar-refractivity contribution in [3.05, 3.63) is 0 Å². The third kappa shape index (κ3) is 0.0274. The molecule has 4 rings (SSSR count). The molecule has 4 fully saturated rings. The van der Waals surface area contributed by atoms with Gasteiger partial charge in [-0.15, -0.1) is 0 Å². The molecule has 4 aliphatic rings. The second kappa shape index (κ2) is 0.191.